The Hall–Kier alpha value is -3.21. The molecule has 0 radical (unpaired) electrons. The lowest BCUT2D eigenvalue weighted by Gasteiger charge is -2.16. The lowest BCUT2D eigenvalue weighted by atomic mass is 9.90. The first-order chi connectivity index (χ1) is 11.2. The van der Waals surface area contributed by atoms with Gasteiger partial charge in [0.15, 0.2) is 0 Å². The number of benzene rings is 2. The van der Waals surface area contributed by atoms with Crippen molar-refractivity contribution in [1.82, 2.24) is 9.97 Å². The lowest BCUT2D eigenvalue weighted by Crippen LogP contribution is -2.13. The Morgan fingerprint density at radius 1 is 1.00 bits per heavy atom. The van der Waals surface area contributed by atoms with Gasteiger partial charge in [0.25, 0.3) is 0 Å². The number of carbonyl (C=O) groups is 1. The molecule has 114 valence electrons. The van der Waals surface area contributed by atoms with Crippen LogP contribution in [0.2, 0.25) is 0 Å². The molecule has 0 bridgehead atoms. The highest BCUT2D eigenvalue weighted by Crippen LogP contribution is 2.39. The number of nitrogens with zero attached hydrogens (tertiary/aromatic N) is 2. The number of hydrogen-bond donors (Lipinski definition) is 1. The van der Waals surface area contributed by atoms with E-state index in [1.807, 2.05) is 30.3 Å². The minimum absolute atomic E-state index is 0.427. The van der Waals surface area contributed by atoms with E-state index in [9.17, 15) is 4.79 Å². The van der Waals surface area contributed by atoms with Crippen LogP contribution in [0.5, 0.6) is 5.75 Å². The summed E-state index contributed by atoms with van der Waals surface area (Å²) in [6, 6.07) is 12.9. The Morgan fingerprint density at radius 2 is 1.70 bits per heavy atom. The highest BCUT2D eigenvalue weighted by Gasteiger charge is 2.18. The van der Waals surface area contributed by atoms with Crippen LogP contribution in [0.3, 0.4) is 0 Å². The second-order valence-electron chi connectivity index (χ2n) is 4.92. The van der Waals surface area contributed by atoms with E-state index in [4.69, 9.17) is 10.5 Å². The molecule has 23 heavy (non-hydrogen) atoms. The summed E-state index contributed by atoms with van der Waals surface area (Å²) in [5.74, 6) is 0.170. The van der Waals surface area contributed by atoms with Gasteiger partial charge in [-0.3, -0.25) is 4.79 Å². The molecular weight excluding hydrogens is 290 g/mol. The number of ether oxygens (including phenoxy) is 1. The van der Waals surface area contributed by atoms with Crippen LogP contribution in [0, 0.1) is 0 Å². The van der Waals surface area contributed by atoms with Crippen LogP contribution in [-0.2, 0) is 0 Å². The average Bonchev–Trinajstić information content (AvgIpc) is 2.61. The molecular formula is C18H15N3O2. The first-order valence-corrected chi connectivity index (χ1v) is 7.04. The fraction of sp³-hybridized carbons (Fsp3) is 0.0556. The van der Waals surface area contributed by atoms with Crippen molar-refractivity contribution in [3.05, 3.63) is 66.7 Å². The van der Waals surface area contributed by atoms with Crippen molar-refractivity contribution < 1.29 is 9.53 Å². The third kappa shape index (κ3) is 2.76. The smallest absolute Gasteiger partial charge is 0.249 e. The molecule has 0 aliphatic rings. The van der Waals surface area contributed by atoms with E-state index in [-0.39, 0.29) is 0 Å². The lowest BCUT2D eigenvalue weighted by molar-refractivity contribution is 0.100. The number of hydrogen-bond acceptors (Lipinski definition) is 4. The molecule has 0 aliphatic heterocycles. The largest absolute Gasteiger partial charge is 0.496 e. The highest BCUT2D eigenvalue weighted by molar-refractivity contribution is 6.04. The van der Waals surface area contributed by atoms with E-state index in [0.29, 0.717) is 16.9 Å². The Morgan fingerprint density at radius 3 is 2.39 bits per heavy atom. The number of carbonyl (C=O) groups excluding carboxylic acids is 1. The van der Waals surface area contributed by atoms with Gasteiger partial charge in [-0.25, -0.2) is 9.97 Å². The zero-order valence-corrected chi connectivity index (χ0v) is 12.6. The van der Waals surface area contributed by atoms with Crippen molar-refractivity contribution in [2.24, 2.45) is 5.73 Å². The molecule has 0 saturated carbocycles. The SMILES string of the molecule is COc1ccccc1-c1c(C(N)=O)cccc1-c1cncnc1. The minimum Gasteiger partial charge on any atom is -0.496 e. The summed E-state index contributed by atoms with van der Waals surface area (Å²) in [6.45, 7) is 0. The molecule has 1 amide bonds. The van der Waals surface area contributed by atoms with E-state index in [0.717, 1.165) is 16.7 Å². The van der Waals surface area contributed by atoms with Gasteiger partial charge in [-0.2, -0.15) is 0 Å². The Balaban J connectivity index is 2.35. The topological polar surface area (TPSA) is 78.1 Å². The number of primary amides is 1. The molecule has 1 aromatic heterocycles. The molecule has 3 rings (SSSR count). The van der Waals surface area contributed by atoms with Crippen LogP contribution in [0.25, 0.3) is 22.3 Å². The second kappa shape index (κ2) is 6.27. The number of methoxy groups -OCH3 is 1. The maximum Gasteiger partial charge on any atom is 0.249 e. The van der Waals surface area contributed by atoms with Crippen LogP contribution in [0.1, 0.15) is 10.4 Å². The molecule has 3 aromatic rings. The summed E-state index contributed by atoms with van der Waals surface area (Å²) in [4.78, 5) is 20.0. The first kappa shape index (κ1) is 14.7. The van der Waals surface area contributed by atoms with E-state index in [1.165, 1.54) is 6.33 Å². The van der Waals surface area contributed by atoms with Crippen LogP contribution in [0.4, 0.5) is 0 Å². The molecule has 1 heterocycles. The fourth-order valence-electron chi connectivity index (χ4n) is 2.58. The molecule has 2 N–H and O–H groups in total. The number of para-hydroxylation sites is 1. The van der Waals surface area contributed by atoms with E-state index >= 15 is 0 Å². The summed E-state index contributed by atoms with van der Waals surface area (Å²) in [7, 11) is 1.59. The average molecular weight is 305 g/mol. The maximum atomic E-state index is 11.9. The van der Waals surface area contributed by atoms with Crippen molar-refractivity contribution in [2.75, 3.05) is 7.11 Å². The highest BCUT2D eigenvalue weighted by atomic mass is 16.5. The number of amides is 1. The van der Waals surface area contributed by atoms with Crippen molar-refractivity contribution in [3.63, 3.8) is 0 Å². The summed E-state index contributed by atoms with van der Waals surface area (Å²) in [5.41, 5.74) is 9.14. The van der Waals surface area contributed by atoms with Gasteiger partial charge in [-0.1, -0.05) is 30.3 Å². The fourth-order valence-corrected chi connectivity index (χ4v) is 2.58. The van der Waals surface area contributed by atoms with Gasteiger partial charge in [0, 0.05) is 34.6 Å². The van der Waals surface area contributed by atoms with E-state index < -0.39 is 5.91 Å². The van der Waals surface area contributed by atoms with Gasteiger partial charge in [0.05, 0.1) is 7.11 Å². The molecule has 0 unspecified atom stereocenters. The molecule has 5 nitrogen and oxygen atoms in total. The predicted molar refractivity (Wildman–Crippen MR) is 88.0 cm³/mol. The molecule has 0 spiro atoms. The van der Waals surface area contributed by atoms with E-state index in [1.54, 1.807) is 31.6 Å². The molecule has 0 atom stereocenters. The molecule has 0 fully saturated rings. The molecule has 0 saturated heterocycles. The van der Waals surface area contributed by atoms with Gasteiger partial charge in [0.1, 0.15) is 12.1 Å². The number of rotatable bonds is 4. The van der Waals surface area contributed by atoms with Crippen LogP contribution >= 0.6 is 0 Å². The van der Waals surface area contributed by atoms with Gasteiger partial charge in [-0.05, 0) is 17.7 Å². The number of aromatic nitrogens is 2. The van der Waals surface area contributed by atoms with Gasteiger partial charge < -0.3 is 10.5 Å². The molecule has 0 aliphatic carbocycles. The third-order valence-corrected chi connectivity index (χ3v) is 3.58. The van der Waals surface area contributed by atoms with Crippen molar-refractivity contribution in [3.8, 4) is 28.0 Å². The quantitative estimate of drug-likeness (QED) is 0.804. The predicted octanol–water partition coefficient (Wildman–Crippen LogP) is 2.92. The molecule has 2 aromatic carbocycles. The van der Waals surface area contributed by atoms with Gasteiger partial charge in [-0.15, -0.1) is 0 Å². The zero-order valence-electron chi connectivity index (χ0n) is 12.6. The monoisotopic (exact) mass is 305 g/mol. The second-order valence-corrected chi connectivity index (χ2v) is 4.92. The van der Waals surface area contributed by atoms with Crippen LogP contribution in [0.15, 0.2) is 61.2 Å². The van der Waals surface area contributed by atoms with Gasteiger partial charge in [0.2, 0.25) is 5.91 Å². The van der Waals surface area contributed by atoms with Crippen molar-refractivity contribution in [2.45, 2.75) is 0 Å². The summed E-state index contributed by atoms with van der Waals surface area (Å²) < 4.78 is 5.44. The van der Waals surface area contributed by atoms with Crippen LogP contribution < -0.4 is 10.5 Å². The number of nitrogens with two attached hydrogens (primary N) is 1. The minimum atomic E-state index is -0.496. The summed E-state index contributed by atoms with van der Waals surface area (Å²) in [5, 5.41) is 0. The zero-order chi connectivity index (χ0) is 16.2. The maximum absolute atomic E-state index is 11.9. The standard InChI is InChI=1S/C18H15N3O2/c1-23-16-8-3-2-5-14(16)17-13(12-9-20-11-21-10-12)6-4-7-15(17)18(19)22/h2-11H,1H3,(H2,19,22). The normalized spacial score (nSPS) is 10.3. The van der Waals surface area contributed by atoms with Crippen molar-refractivity contribution in [1.29, 1.82) is 0 Å². The Bertz CT molecular complexity index is 848. The van der Waals surface area contributed by atoms with E-state index in [2.05, 4.69) is 9.97 Å². The Labute approximate surface area is 133 Å². The summed E-state index contributed by atoms with van der Waals surface area (Å²) in [6.07, 6.45) is 4.86. The summed E-state index contributed by atoms with van der Waals surface area (Å²) >= 11 is 0. The Kier molecular flexibility index (Phi) is 4.01. The third-order valence-electron chi connectivity index (χ3n) is 3.58. The molecule has 5 heteroatoms. The van der Waals surface area contributed by atoms with Crippen molar-refractivity contribution >= 4 is 5.91 Å². The first-order valence-electron chi connectivity index (χ1n) is 7.04. The van der Waals surface area contributed by atoms with Gasteiger partial charge >= 0.3 is 0 Å². The van der Waals surface area contributed by atoms with Crippen LogP contribution in [-0.4, -0.2) is 23.0 Å².